The number of benzene rings is 1. The Hall–Kier alpha value is -3.81. The first-order valence-electron chi connectivity index (χ1n) is 20.4. The Kier molecular flexibility index (Phi) is 19.9. The van der Waals surface area contributed by atoms with Gasteiger partial charge in [-0.05, 0) is 55.8 Å². The molecule has 1 unspecified atom stereocenters. The molecule has 2 rings (SSSR count). The monoisotopic (exact) mass is 876 g/mol. The van der Waals surface area contributed by atoms with Gasteiger partial charge in [-0.1, -0.05) is 79.2 Å². The lowest BCUT2D eigenvalue weighted by Gasteiger charge is -2.41. The first kappa shape index (κ1) is 52.3. The first-order chi connectivity index (χ1) is 27.8. The summed E-state index contributed by atoms with van der Waals surface area (Å²) < 4.78 is 77.4. The number of amides is 5. The van der Waals surface area contributed by atoms with Crippen LogP contribution in [-0.4, -0.2) is 137 Å². The van der Waals surface area contributed by atoms with Crippen LogP contribution >= 0.6 is 0 Å². The molecule has 0 saturated carbocycles. The van der Waals surface area contributed by atoms with Crippen LogP contribution in [0, 0.1) is 23.7 Å². The summed E-state index contributed by atoms with van der Waals surface area (Å²) >= 11 is 0. The SMILES string of the molecule is CC[C@H](C)[C@@H]([C@@H](CC(=O)N1CCC[C@H]1[C@H](OC)[C@@H](C)C(=O)NS(=O)(=O)Cc1ccc(CNC(=O)C(F)(F)F)cc1)OC)N(C)C(=O)[C@@H](NC(=O)C(C(C)C)N(C)C)C(C)C. The minimum absolute atomic E-state index is 0.00319. The van der Waals surface area contributed by atoms with Gasteiger partial charge in [0.05, 0.1) is 48.4 Å². The Morgan fingerprint density at radius 2 is 1.48 bits per heavy atom. The van der Waals surface area contributed by atoms with E-state index in [2.05, 4.69) is 10.0 Å². The molecule has 1 saturated heterocycles. The Morgan fingerprint density at radius 3 is 1.97 bits per heavy atom. The maximum absolute atomic E-state index is 14.2. The number of hydrogen-bond donors (Lipinski definition) is 3. The molecule has 0 aromatic heterocycles. The molecule has 1 heterocycles. The first-order valence-corrected chi connectivity index (χ1v) is 22.0. The topological polar surface area (TPSA) is 184 Å². The molecule has 5 amide bonds. The number of ether oxygens (including phenoxy) is 2. The van der Waals surface area contributed by atoms with Crippen molar-refractivity contribution in [2.75, 3.05) is 41.9 Å². The van der Waals surface area contributed by atoms with Crippen LogP contribution in [-0.2, 0) is 55.8 Å². The van der Waals surface area contributed by atoms with Crippen LogP contribution in [0.25, 0.3) is 0 Å². The Balaban J connectivity index is 2.21. The number of likely N-dealkylation sites (N-methyl/N-ethyl adjacent to an activating group) is 2. The van der Waals surface area contributed by atoms with Crippen LogP contribution in [0.4, 0.5) is 13.2 Å². The molecule has 1 aromatic carbocycles. The third-order valence-electron chi connectivity index (χ3n) is 11.3. The van der Waals surface area contributed by atoms with Crippen LogP contribution in [0.3, 0.4) is 0 Å². The van der Waals surface area contributed by atoms with E-state index in [0.717, 1.165) is 0 Å². The number of hydrogen-bond acceptors (Lipinski definition) is 10. The summed E-state index contributed by atoms with van der Waals surface area (Å²) in [7, 11) is 3.91. The van der Waals surface area contributed by atoms with Crippen molar-refractivity contribution in [1.82, 2.24) is 30.1 Å². The minimum atomic E-state index is -5.04. The van der Waals surface area contributed by atoms with E-state index in [9.17, 15) is 45.6 Å². The number of likely N-dealkylation sites (tertiary alicyclic amines) is 1. The molecule has 15 nitrogen and oxygen atoms in total. The number of rotatable bonds is 22. The molecule has 0 spiro atoms. The minimum Gasteiger partial charge on any atom is -0.379 e. The molecule has 1 fully saturated rings. The van der Waals surface area contributed by atoms with Gasteiger partial charge in [-0.25, -0.2) is 8.42 Å². The molecular weight excluding hydrogens is 810 g/mol. The van der Waals surface area contributed by atoms with E-state index in [4.69, 9.17) is 9.47 Å². The lowest BCUT2D eigenvalue weighted by molar-refractivity contribution is -0.173. The fourth-order valence-electron chi connectivity index (χ4n) is 7.95. The van der Waals surface area contributed by atoms with Gasteiger partial charge in [-0.2, -0.15) is 13.2 Å². The molecule has 8 atom stereocenters. The fraction of sp³-hybridized carbons (Fsp3) is 0.732. The van der Waals surface area contributed by atoms with Crippen molar-refractivity contribution in [3.8, 4) is 0 Å². The third kappa shape index (κ3) is 14.4. The zero-order chi connectivity index (χ0) is 45.9. The molecule has 19 heteroatoms. The summed E-state index contributed by atoms with van der Waals surface area (Å²) in [6.07, 6.45) is -5.02. The van der Waals surface area contributed by atoms with Crippen LogP contribution in [0.15, 0.2) is 24.3 Å². The number of nitrogens with zero attached hydrogens (tertiary/aromatic N) is 3. The van der Waals surface area contributed by atoms with Gasteiger partial charge in [0.15, 0.2) is 0 Å². The average molecular weight is 877 g/mol. The number of carbonyl (C=O) groups excluding carboxylic acids is 5. The van der Waals surface area contributed by atoms with Crippen molar-refractivity contribution in [3.05, 3.63) is 35.4 Å². The maximum atomic E-state index is 14.2. The second-order valence-electron chi connectivity index (χ2n) is 16.7. The van der Waals surface area contributed by atoms with Crippen LogP contribution in [0.2, 0.25) is 0 Å². The Labute approximate surface area is 353 Å². The van der Waals surface area contributed by atoms with E-state index in [-0.39, 0.29) is 47.5 Å². The molecule has 1 aliphatic heterocycles. The lowest BCUT2D eigenvalue weighted by atomic mass is 9.89. The fourth-order valence-corrected chi connectivity index (χ4v) is 9.14. The molecular formula is C41H67F3N6O9S. The van der Waals surface area contributed by atoms with Crippen molar-refractivity contribution in [3.63, 3.8) is 0 Å². The summed E-state index contributed by atoms with van der Waals surface area (Å²) in [5, 5.41) is 4.72. The van der Waals surface area contributed by atoms with Gasteiger partial charge in [0, 0.05) is 34.4 Å². The van der Waals surface area contributed by atoms with E-state index < -0.39 is 82.6 Å². The van der Waals surface area contributed by atoms with E-state index >= 15 is 0 Å². The molecule has 0 bridgehead atoms. The lowest BCUT2D eigenvalue weighted by Crippen LogP contribution is -2.59. The highest BCUT2D eigenvalue weighted by Gasteiger charge is 2.44. The van der Waals surface area contributed by atoms with E-state index in [1.807, 2.05) is 60.5 Å². The van der Waals surface area contributed by atoms with E-state index in [1.54, 1.807) is 22.2 Å². The number of nitrogens with one attached hydrogen (secondary N) is 3. The number of halogens is 3. The summed E-state index contributed by atoms with van der Waals surface area (Å²) in [5.41, 5.74) is 0.549. The highest BCUT2D eigenvalue weighted by molar-refractivity contribution is 7.89. The van der Waals surface area contributed by atoms with E-state index in [1.165, 1.54) is 45.4 Å². The van der Waals surface area contributed by atoms with Crippen molar-refractivity contribution in [1.29, 1.82) is 0 Å². The summed E-state index contributed by atoms with van der Waals surface area (Å²) in [5.74, 6) is -5.79. The number of alkyl halides is 3. The zero-order valence-electron chi connectivity index (χ0n) is 37.1. The van der Waals surface area contributed by atoms with Gasteiger partial charge in [0.2, 0.25) is 33.7 Å². The van der Waals surface area contributed by atoms with Gasteiger partial charge in [-0.3, -0.25) is 33.6 Å². The van der Waals surface area contributed by atoms with Crippen LogP contribution in [0.5, 0.6) is 0 Å². The van der Waals surface area contributed by atoms with Gasteiger partial charge in [0.1, 0.15) is 6.04 Å². The van der Waals surface area contributed by atoms with E-state index in [0.29, 0.717) is 31.4 Å². The molecule has 0 aliphatic carbocycles. The zero-order valence-corrected chi connectivity index (χ0v) is 37.9. The molecule has 3 N–H and O–H groups in total. The van der Waals surface area contributed by atoms with Crippen molar-refractivity contribution < 1.29 is 55.0 Å². The highest BCUT2D eigenvalue weighted by atomic mass is 32.2. The van der Waals surface area contributed by atoms with Crippen molar-refractivity contribution >= 4 is 39.6 Å². The predicted octanol–water partition coefficient (Wildman–Crippen LogP) is 3.46. The third-order valence-corrected chi connectivity index (χ3v) is 12.5. The summed E-state index contributed by atoms with van der Waals surface area (Å²) in [4.78, 5) is 71.3. The van der Waals surface area contributed by atoms with Crippen molar-refractivity contribution in [2.24, 2.45) is 23.7 Å². The van der Waals surface area contributed by atoms with Crippen LogP contribution in [0.1, 0.15) is 85.3 Å². The van der Waals surface area contributed by atoms with Gasteiger partial charge >= 0.3 is 12.1 Å². The number of carbonyl (C=O) groups is 5. The average Bonchev–Trinajstić information content (AvgIpc) is 3.64. The van der Waals surface area contributed by atoms with Gasteiger partial charge < -0.3 is 29.9 Å². The molecule has 1 aromatic rings. The molecule has 342 valence electrons. The maximum Gasteiger partial charge on any atom is 0.471 e. The smallest absolute Gasteiger partial charge is 0.379 e. The molecule has 0 radical (unpaired) electrons. The number of sulfonamides is 1. The van der Waals surface area contributed by atoms with Crippen molar-refractivity contribution in [2.45, 2.75) is 129 Å². The quantitative estimate of drug-likeness (QED) is 0.156. The second kappa shape index (κ2) is 22.9. The summed E-state index contributed by atoms with van der Waals surface area (Å²) in [6, 6.07) is 3.05. The predicted molar refractivity (Wildman–Crippen MR) is 220 cm³/mol. The normalized spacial score (nSPS) is 18.4. The Morgan fingerprint density at radius 1 is 0.900 bits per heavy atom. The summed E-state index contributed by atoms with van der Waals surface area (Å²) in [6.45, 7) is 13.0. The molecule has 1 aliphatic rings. The highest BCUT2D eigenvalue weighted by Crippen LogP contribution is 2.30. The number of methoxy groups -OCH3 is 2. The standard InChI is InChI=1S/C41H67F3N6O9S/c1-13-26(6)35(49(10)39(54)33(24(2)3)46-38(53)34(25(4)5)48(8)9)31(58-11)21-32(51)50-20-14-15-30(50)36(59-12)27(7)37(52)47-60(56,57)23-29-18-16-28(17-19-29)22-45-40(55)41(42,43)44/h16-19,24-27,30-31,33-36H,13-15,20-23H2,1-12H3,(H,45,55)(H,46,53)(H,47,52)/t26-,27+,30-,31+,33-,34?,35-,36+/m0/s1. The molecule has 60 heavy (non-hydrogen) atoms. The van der Waals surface area contributed by atoms with Gasteiger partial charge in [0.25, 0.3) is 0 Å². The van der Waals surface area contributed by atoms with Gasteiger partial charge in [-0.15, -0.1) is 0 Å². The Bertz CT molecular complexity index is 1700. The van der Waals surface area contributed by atoms with Crippen LogP contribution < -0.4 is 15.4 Å². The second-order valence-corrected chi connectivity index (χ2v) is 18.4. The largest absolute Gasteiger partial charge is 0.471 e.